The van der Waals surface area contributed by atoms with Gasteiger partial charge < -0.3 is 13.5 Å². The van der Waals surface area contributed by atoms with Crippen LogP contribution in [0.5, 0.6) is 0 Å². The molecule has 1 aromatic carbocycles. The lowest BCUT2D eigenvalue weighted by molar-refractivity contribution is 0.287. The van der Waals surface area contributed by atoms with Crippen molar-refractivity contribution in [1.82, 2.24) is 0 Å². The fraction of sp³-hybridized carbons (Fsp3) is 0.333. The molecule has 0 aliphatic rings. The first-order valence-corrected chi connectivity index (χ1v) is 10.0. The molecule has 0 aliphatic heterocycles. The van der Waals surface area contributed by atoms with Crippen molar-refractivity contribution in [2.75, 3.05) is 14.2 Å². The van der Waals surface area contributed by atoms with E-state index in [0.717, 1.165) is 11.1 Å². The lowest BCUT2D eigenvalue weighted by Gasteiger charge is -2.21. The number of furan rings is 1. The highest BCUT2D eigenvalue weighted by molar-refractivity contribution is 7.62. The number of benzene rings is 1. The molecule has 1 heterocycles. The van der Waals surface area contributed by atoms with Crippen LogP contribution >= 0.6 is 7.60 Å². The lowest BCUT2D eigenvalue weighted by atomic mass is 9.84. The molecule has 0 saturated heterocycles. The smallest absolute Gasteiger partial charge is 0.364 e. The molecule has 140 valence electrons. The summed E-state index contributed by atoms with van der Waals surface area (Å²) < 4.78 is 28.9. The highest BCUT2D eigenvalue weighted by Gasteiger charge is 2.32. The topological polar surface area (TPSA) is 48.7 Å². The number of hydrogen-bond donors (Lipinski definition) is 0. The Kier molecular flexibility index (Phi) is 6.46. The van der Waals surface area contributed by atoms with Gasteiger partial charge in [0.05, 0.1) is 0 Å². The minimum Gasteiger partial charge on any atom is -0.461 e. The molecule has 0 amide bonds. The van der Waals surface area contributed by atoms with Crippen LogP contribution in [0.15, 0.2) is 53.0 Å². The maximum Gasteiger partial charge on any atom is 0.364 e. The van der Waals surface area contributed by atoms with Gasteiger partial charge in [-0.3, -0.25) is 4.57 Å². The van der Waals surface area contributed by atoms with Gasteiger partial charge in [0, 0.05) is 19.8 Å². The average Bonchev–Trinajstić information content (AvgIpc) is 2.99. The van der Waals surface area contributed by atoms with Crippen molar-refractivity contribution in [2.45, 2.75) is 27.7 Å². The average molecular weight is 374 g/mol. The van der Waals surface area contributed by atoms with E-state index in [2.05, 4.69) is 20.8 Å². The minimum absolute atomic E-state index is 0.160. The second-order valence-corrected chi connectivity index (χ2v) is 9.22. The predicted molar refractivity (Wildman–Crippen MR) is 108 cm³/mol. The van der Waals surface area contributed by atoms with Crippen LogP contribution in [0.1, 0.15) is 37.9 Å². The Morgan fingerprint density at radius 2 is 1.73 bits per heavy atom. The second kappa shape index (κ2) is 8.22. The molecule has 0 aliphatic carbocycles. The van der Waals surface area contributed by atoms with Gasteiger partial charge >= 0.3 is 7.60 Å². The van der Waals surface area contributed by atoms with Crippen molar-refractivity contribution >= 4 is 24.5 Å². The Labute approximate surface area is 156 Å². The van der Waals surface area contributed by atoms with Crippen LogP contribution in [-0.4, -0.2) is 14.2 Å². The monoisotopic (exact) mass is 374 g/mol. The first-order valence-electron chi connectivity index (χ1n) is 8.48. The lowest BCUT2D eigenvalue weighted by Crippen LogP contribution is -2.09. The van der Waals surface area contributed by atoms with Gasteiger partial charge in [0.2, 0.25) is 0 Å². The number of aryl methyl sites for hydroxylation is 1. The second-order valence-electron chi connectivity index (χ2n) is 7.01. The number of allylic oxidation sites excluding steroid dienone is 3. The van der Waals surface area contributed by atoms with Crippen LogP contribution in [0.4, 0.5) is 0 Å². The molecule has 0 spiro atoms. The standard InChI is InChI=1S/C21H27O4P/c1-16-20(26(22,23-5)24-6)15-19(25-16)18(21(2,3)4)14-10-13-17-11-8-7-9-12-17/h7-15H,1-6H3/b13-10+,18-14+. The third kappa shape index (κ3) is 4.64. The quantitative estimate of drug-likeness (QED) is 0.471. The van der Waals surface area contributed by atoms with Crippen molar-refractivity contribution in [2.24, 2.45) is 5.41 Å². The van der Waals surface area contributed by atoms with Gasteiger partial charge in [-0.2, -0.15) is 0 Å². The Morgan fingerprint density at radius 3 is 2.27 bits per heavy atom. The Balaban J connectivity index is 2.45. The van der Waals surface area contributed by atoms with Crippen molar-refractivity contribution < 1.29 is 18.0 Å². The summed E-state index contributed by atoms with van der Waals surface area (Å²) in [6.07, 6.45) is 6.07. The van der Waals surface area contributed by atoms with Crippen molar-refractivity contribution in [3.63, 3.8) is 0 Å². The van der Waals surface area contributed by atoms with E-state index in [4.69, 9.17) is 13.5 Å². The zero-order valence-electron chi connectivity index (χ0n) is 16.3. The van der Waals surface area contributed by atoms with Gasteiger partial charge in [-0.1, -0.05) is 69.3 Å². The van der Waals surface area contributed by atoms with Crippen LogP contribution in [0.25, 0.3) is 11.6 Å². The van der Waals surface area contributed by atoms with Crippen LogP contribution < -0.4 is 5.30 Å². The molecule has 0 atom stereocenters. The van der Waals surface area contributed by atoms with E-state index in [-0.39, 0.29) is 5.41 Å². The van der Waals surface area contributed by atoms with Gasteiger partial charge in [0.25, 0.3) is 0 Å². The summed E-state index contributed by atoms with van der Waals surface area (Å²) in [5.74, 6) is 1.20. The summed E-state index contributed by atoms with van der Waals surface area (Å²) >= 11 is 0. The molecule has 1 aromatic heterocycles. The third-order valence-electron chi connectivity index (χ3n) is 4.09. The summed E-state index contributed by atoms with van der Waals surface area (Å²) in [6, 6.07) is 11.8. The zero-order chi connectivity index (χ0) is 19.4. The molecule has 0 fully saturated rings. The zero-order valence-corrected chi connectivity index (χ0v) is 17.2. The Bertz CT molecular complexity index is 831. The fourth-order valence-electron chi connectivity index (χ4n) is 2.67. The molecule has 0 N–H and O–H groups in total. The summed E-state index contributed by atoms with van der Waals surface area (Å²) in [5, 5.41) is 0.458. The van der Waals surface area contributed by atoms with Crippen molar-refractivity contribution in [3.8, 4) is 0 Å². The minimum atomic E-state index is -3.35. The van der Waals surface area contributed by atoms with Crippen molar-refractivity contribution in [3.05, 3.63) is 65.6 Å². The molecule has 4 nitrogen and oxygen atoms in total. The largest absolute Gasteiger partial charge is 0.461 e. The normalized spacial score (nSPS) is 13.5. The van der Waals surface area contributed by atoms with Gasteiger partial charge in [-0.25, -0.2) is 0 Å². The summed E-state index contributed by atoms with van der Waals surface area (Å²) in [5.41, 5.74) is 1.96. The molecule has 0 unspecified atom stereocenters. The maximum absolute atomic E-state index is 12.7. The maximum atomic E-state index is 12.7. The van der Waals surface area contributed by atoms with E-state index in [0.29, 0.717) is 16.8 Å². The summed E-state index contributed by atoms with van der Waals surface area (Å²) in [4.78, 5) is 0. The number of hydrogen-bond acceptors (Lipinski definition) is 4. The van der Waals surface area contributed by atoms with Crippen molar-refractivity contribution in [1.29, 1.82) is 0 Å². The molecule has 2 aromatic rings. The molecule has 0 radical (unpaired) electrons. The van der Waals surface area contributed by atoms with E-state index >= 15 is 0 Å². The first kappa shape index (κ1) is 20.4. The highest BCUT2D eigenvalue weighted by Crippen LogP contribution is 2.47. The highest BCUT2D eigenvalue weighted by atomic mass is 31.2. The first-order chi connectivity index (χ1) is 12.2. The van der Waals surface area contributed by atoms with Gasteiger partial charge in [0.15, 0.2) is 0 Å². The molecular weight excluding hydrogens is 347 g/mol. The molecular formula is C21H27O4P. The summed E-state index contributed by atoms with van der Waals surface area (Å²) in [6.45, 7) is 8.10. The van der Waals surface area contributed by atoms with E-state index in [9.17, 15) is 4.57 Å². The van der Waals surface area contributed by atoms with Gasteiger partial charge in [0.1, 0.15) is 16.8 Å². The number of rotatable bonds is 6. The van der Waals surface area contributed by atoms with E-state index in [1.54, 1.807) is 13.0 Å². The fourth-order valence-corrected chi connectivity index (χ4v) is 3.92. The van der Waals surface area contributed by atoms with E-state index in [1.165, 1.54) is 14.2 Å². The van der Waals surface area contributed by atoms with E-state index < -0.39 is 7.60 Å². The SMILES string of the molecule is COP(=O)(OC)c1cc(/C(=C\C=C\c2ccccc2)C(C)(C)C)oc1C. The Morgan fingerprint density at radius 1 is 1.12 bits per heavy atom. The molecule has 5 heteroatoms. The van der Waals surface area contributed by atoms with Gasteiger partial charge in [-0.15, -0.1) is 0 Å². The predicted octanol–water partition coefficient (Wildman–Crippen LogP) is 5.84. The van der Waals surface area contributed by atoms with E-state index in [1.807, 2.05) is 48.6 Å². The molecule has 26 heavy (non-hydrogen) atoms. The van der Waals surface area contributed by atoms with Crippen LogP contribution in [-0.2, 0) is 13.6 Å². The molecule has 0 bridgehead atoms. The molecule has 2 rings (SSSR count). The van der Waals surface area contributed by atoms with Gasteiger partial charge in [-0.05, 0) is 24.0 Å². The Hall–Kier alpha value is -1.87. The molecule has 0 saturated carbocycles. The van der Waals surface area contributed by atoms with Crippen LogP contribution in [0.3, 0.4) is 0 Å². The summed E-state index contributed by atoms with van der Waals surface area (Å²) in [7, 11) is -0.606. The van der Waals surface area contributed by atoms with Crippen LogP contribution in [0, 0.1) is 12.3 Å². The third-order valence-corrected chi connectivity index (χ3v) is 6.09. The van der Waals surface area contributed by atoms with Crippen LogP contribution in [0.2, 0.25) is 0 Å².